The summed E-state index contributed by atoms with van der Waals surface area (Å²) < 4.78 is 0. The van der Waals surface area contributed by atoms with E-state index in [1.165, 1.54) is 88.7 Å². The maximum absolute atomic E-state index is 3.88. The van der Waals surface area contributed by atoms with Crippen molar-refractivity contribution < 1.29 is 0 Å². The Bertz CT molecular complexity index is 477. The van der Waals surface area contributed by atoms with Gasteiger partial charge < -0.3 is 15.5 Å². The normalized spacial score (nSPS) is 32.1. The van der Waals surface area contributed by atoms with Crippen molar-refractivity contribution >= 4 is 0 Å². The first-order valence-corrected chi connectivity index (χ1v) is 9.96. The summed E-state index contributed by atoms with van der Waals surface area (Å²) in [6.07, 6.45) is 18.4. The highest BCUT2D eigenvalue weighted by molar-refractivity contribution is 5.35. The molecule has 0 aromatic heterocycles. The Hall–Kier alpha value is -0.960. The molecule has 4 aliphatic rings. The van der Waals surface area contributed by atoms with E-state index in [1.807, 2.05) is 0 Å². The van der Waals surface area contributed by atoms with Gasteiger partial charge >= 0.3 is 0 Å². The molecule has 2 aliphatic carbocycles. The van der Waals surface area contributed by atoms with E-state index in [9.17, 15) is 0 Å². The van der Waals surface area contributed by atoms with Crippen LogP contribution in [0.1, 0.15) is 71.1 Å². The smallest absolute Gasteiger partial charge is 0.110 e. The first-order valence-electron chi connectivity index (χ1n) is 9.96. The van der Waals surface area contributed by atoms with Crippen LogP contribution in [0.15, 0.2) is 23.5 Å². The second-order valence-electron chi connectivity index (χ2n) is 8.30. The van der Waals surface area contributed by atoms with Crippen molar-refractivity contribution in [1.82, 2.24) is 15.5 Å². The highest BCUT2D eigenvalue weighted by atomic mass is 15.3. The van der Waals surface area contributed by atoms with Crippen LogP contribution in [-0.4, -0.2) is 29.7 Å². The minimum atomic E-state index is 0.150. The summed E-state index contributed by atoms with van der Waals surface area (Å²) in [5.41, 5.74) is 2.97. The molecule has 128 valence electrons. The number of allylic oxidation sites excluding steroid dienone is 3. The number of piperidine rings is 1. The maximum atomic E-state index is 3.88. The summed E-state index contributed by atoms with van der Waals surface area (Å²) in [4.78, 5) is 2.80. The number of nitrogens with zero attached hydrogens (tertiary/aromatic N) is 1. The van der Waals surface area contributed by atoms with Gasteiger partial charge in [0.2, 0.25) is 0 Å². The second-order valence-corrected chi connectivity index (χ2v) is 8.30. The third kappa shape index (κ3) is 3.31. The standard InChI is InChI=1S/C20H33N3/c1-16-9-10-18-19(15-16)22-20(21-18)11-13-23(14-12-20)17-7-5-3-2-4-6-8-17/h9-10,16-17,21-22H,2-8,11-15H2,1H3. The molecule has 1 spiro atoms. The number of likely N-dealkylation sites (tertiary alicyclic amines) is 1. The molecule has 1 unspecified atom stereocenters. The third-order valence-corrected chi connectivity index (χ3v) is 6.45. The van der Waals surface area contributed by atoms with Gasteiger partial charge in [0.05, 0.1) is 5.70 Å². The summed E-state index contributed by atoms with van der Waals surface area (Å²) in [6.45, 7) is 4.82. The van der Waals surface area contributed by atoms with Gasteiger partial charge in [-0.15, -0.1) is 0 Å². The summed E-state index contributed by atoms with van der Waals surface area (Å²) >= 11 is 0. The minimum absolute atomic E-state index is 0.150. The molecule has 2 heterocycles. The maximum Gasteiger partial charge on any atom is 0.110 e. The van der Waals surface area contributed by atoms with Crippen molar-refractivity contribution in [2.75, 3.05) is 13.1 Å². The lowest BCUT2D eigenvalue weighted by Gasteiger charge is -2.44. The van der Waals surface area contributed by atoms with Crippen LogP contribution >= 0.6 is 0 Å². The van der Waals surface area contributed by atoms with E-state index >= 15 is 0 Å². The summed E-state index contributed by atoms with van der Waals surface area (Å²) in [5.74, 6) is 0.674. The first-order chi connectivity index (χ1) is 11.2. The zero-order valence-electron chi connectivity index (χ0n) is 14.7. The van der Waals surface area contributed by atoms with Gasteiger partial charge in [0.25, 0.3) is 0 Å². The molecule has 4 rings (SSSR count). The number of nitrogens with one attached hydrogen (secondary N) is 2. The van der Waals surface area contributed by atoms with Gasteiger partial charge in [-0.2, -0.15) is 0 Å². The summed E-state index contributed by atoms with van der Waals surface area (Å²) in [7, 11) is 0. The Kier molecular flexibility index (Phi) is 4.40. The molecule has 0 radical (unpaired) electrons. The fraction of sp³-hybridized carbons (Fsp3) is 0.800. The van der Waals surface area contributed by atoms with E-state index in [-0.39, 0.29) is 5.66 Å². The monoisotopic (exact) mass is 315 g/mol. The first kappa shape index (κ1) is 15.6. The quantitative estimate of drug-likeness (QED) is 0.768. The molecule has 3 heteroatoms. The van der Waals surface area contributed by atoms with Gasteiger partial charge in [-0.1, -0.05) is 45.1 Å². The molecule has 2 N–H and O–H groups in total. The minimum Gasteiger partial charge on any atom is -0.364 e. The van der Waals surface area contributed by atoms with Crippen LogP contribution < -0.4 is 10.6 Å². The Balaban J connectivity index is 1.34. The third-order valence-electron chi connectivity index (χ3n) is 6.45. The van der Waals surface area contributed by atoms with Crippen molar-refractivity contribution in [3.05, 3.63) is 23.5 Å². The molecule has 0 aromatic carbocycles. The van der Waals surface area contributed by atoms with Gasteiger partial charge in [-0.25, -0.2) is 0 Å². The van der Waals surface area contributed by atoms with E-state index in [2.05, 4.69) is 34.6 Å². The Labute approximate surface area is 141 Å². The summed E-state index contributed by atoms with van der Waals surface area (Å²) in [5, 5.41) is 7.70. The molecule has 0 bridgehead atoms. The topological polar surface area (TPSA) is 27.3 Å². The van der Waals surface area contributed by atoms with Crippen molar-refractivity contribution in [2.45, 2.75) is 82.8 Å². The predicted molar refractivity (Wildman–Crippen MR) is 95.9 cm³/mol. The molecular formula is C20H33N3. The average molecular weight is 316 g/mol. The Morgan fingerprint density at radius 3 is 2.43 bits per heavy atom. The molecule has 0 aromatic rings. The second kappa shape index (κ2) is 6.51. The molecule has 0 amide bonds. The van der Waals surface area contributed by atoms with Crippen LogP contribution in [-0.2, 0) is 0 Å². The van der Waals surface area contributed by atoms with Gasteiger partial charge in [0.15, 0.2) is 0 Å². The van der Waals surface area contributed by atoms with Crippen molar-refractivity contribution in [3.63, 3.8) is 0 Å². The molecule has 23 heavy (non-hydrogen) atoms. The highest BCUT2D eigenvalue weighted by Crippen LogP contribution is 2.34. The van der Waals surface area contributed by atoms with Gasteiger partial charge in [-0.3, -0.25) is 0 Å². The largest absolute Gasteiger partial charge is 0.364 e. The van der Waals surface area contributed by atoms with Crippen LogP contribution in [0.3, 0.4) is 0 Å². The van der Waals surface area contributed by atoms with E-state index in [0.717, 1.165) is 6.04 Å². The zero-order chi connectivity index (χ0) is 15.7. The predicted octanol–water partition coefficient (Wildman–Crippen LogP) is 3.89. The molecule has 1 saturated carbocycles. The molecule has 2 fully saturated rings. The lowest BCUT2D eigenvalue weighted by molar-refractivity contribution is 0.0844. The average Bonchev–Trinajstić information content (AvgIpc) is 2.85. The highest BCUT2D eigenvalue weighted by Gasteiger charge is 2.41. The number of hydrogen-bond donors (Lipinski definition) is 2. The molecular weight excluding hydrogens is 282 g/mol. The fourth-order valence-electron chi connectivity index (χ4n) is 5.00. The number of hydrogen-bond acceptors (Lipinski definition) is 3. The van der Waals surface area contributed by atoms with Crippen LogP contribution in [0.5, 0.6) is 0 Å². The van der Waals surface area contributed by atoms with Crippen LogP contribution in [0.25, 0.3) is 0 Å². The van der Waals surface area contributed by atoms with Gasteiger partial charge in [0.1, 0.15) is 5.66 Å². The SMILES string of the molecule is CC1C=CC2=C(C1)NC1(CCN(C3CCCCCCC3)CC1)N2. The Morgan fingerprint density at radius 1 is 1.00 bits per heavy atom. The van der Waals surface area contributed by atoms with E-state index in [4.69, 9.17) is 0 Å². The fourth-order valence-corrected chi connectivity index (χ4v) is 5.00. The van der Waals surface area contributed by atoms with E-state index in [1.54, 1.807) is 0 Å². The molecule has 2 aliphatic heterocycles. The van der Waals surface area contributed by atoms with E-state index in [0.29, 0.717) is 5.92 Å². The van der Waals surface area contributed by atoms with Crippen molar-refractivity contribution in [1.29, 1.82) is 0 Å². The van der Waals surface area contributed by atoms with Gasteiger partial charge in [-0.05, 0) is 31.3 Å². The lowest BCUT2D eigenvalue weighted by Crippen LogP contribution is -2.58. The van der Waals surface area contributed by atoms with E-state index < -0.39 is 0 Å². The molecule has 3 nitrogen and oxygen atoms in total. The number of rotatable bonds is 1. The van der Waals surface area contributed by atoms with Crippen LogP contribution in [0, 0.1) is 5.92 Å². The summed E-state index contributed by atoms with van der Waals surface area (Å²) in [6, 6.07) is 0.858. The van der Waals surface area contributed by atoms with Crippen molar-refractivity contribution in [2.24, 2.45) is 5.92 Å². The molecule has 1 saturated heterocycles. The molecule has 1 atom stereocenters. The Morgan fingerprint density at radius 2 is 1.70 bits per heavy atom. The van der Waals surface area contributed by atoms with Crippen molar-refractivity contribution in [3.8, 4) is 0 Å². The van der Waals surface area contributed by atoms with Crippen LogP contribution in [0.2, 0.25) is 0 Å². The zero-order valence-corrected chi connectivity index (χ0v) is 14.7. The van der Waals surface area contributed by atoms with Crippen LogP contribution in [0.4, 0.5) is 0 Å². The lowest BCUT2D eigenvalue weighted by atomic mass is 9.91. The van der Waals surface area contributed by atoms with Gasteiger partial charge in [0, 0.05) is 37.7 Å².